The maximum absolute atomic E-state index is 12.0. The number of anilines is 1. The number of nitrogens with one attached hydrogen (secondary N) is 3. The number of hydrogen-bond donors (Lipinski definition) is 3. The summed E-state index contributed by atoms with van der Waals surface area (Å²) in [4.78, 5) is 36.8. The van der Waals surface area contributed by atoms with Gasteiger partial charge in [-0.3, -0.25) is 24.6 Å². The monoisotopic (exact) mass is 315 g/mol. The fraction of sp³-hybridized carbons (Fsp3) is 0.133. The van der Waals surface area contributed by atoms with Crippen LogP contribution in [0.5, 0.6) is 0 Å². The fourth-order valence-electron chi connectivity index (χ4n) is 2.24. The third kappa shape index (κ3) is 2.84. The van der Waals surface area contributed by atoms with Crippen LogP contribution in [0.3, 0.4) is 0 Å². The third-order valence-electron chi connectivity index (χ3n) is 3.28. The molecule has 22 heavy (non-hydrogen) atoms. The van der Waals surface area contributed by atoms with Crippen molar-refractivity contribution in [1.82, 2.24) is 10.2 Å². The van der Waals surface area contributed by atoms with Gasteiger partial charge in [-0.05, 0) is 30.0 Å². The highest BCUT2D eigenvalue weighted by atomic mass is 32.1. The van der Waals surface area contributed by atoms with E-state index in [4.69, 9.17) is 0 Å². The van der Waals surface area contributed by atoms with Crippen LogP contribution in [0, 0.1) is 0 Å². The molecule has 3 rings (SSSR count). The highest BCUT2D eigenvalue weighted by Gasteiger charge is 2.11. The first-order chi connectivity index (χ1) is 10.6. The zero-order valence-electron chi connectivity index (χ0n) is 11.5. The van der Waals surface area contributed by atoms with Gasteiger partial charge in [-0.1, -0.05) is 12.1 Å². The molecular formula is C15H13N3O3S. The van der Waals surface area contributed by atoms with Crippen molar-refractivity contribution in [2.45, 2.75) is 12.8 Å². The molecule has 0 saturated heterocycles. The number of H-pyrrole nitrogens is 2. The van der Waals surface area contributed by atoms with Crippen LogP contribution < -0.4 is 16.4 Å². The molecule has 3 N–H and O–H groups in total. The number of aryl methyl sites for hydroxylation is 1. The molecule has 0 radical (unpaired) electrons. The topological polar surface area (TPSA) is 94.8 Å². The van der Waals surface area contributed by atoms with Gasteiger partial charge in [0, 0.05) is 11.3 Å². The van der Waals surface area contributed by atoms with Crippen LogP contribution in [-0.4, -0.2) is 16.1 Å². The van der Waals surface area contributed by atoms with Crippen molar-refractivity contribution < 1.29 is 4.79 Å². The van der Waals surface area contributed by atoms with Crippen molar-refractivity contribution in [2.24, 2.45) is 0 Å². The minimum atomic E-state index is -0.441. The van der Waals surface area contributed by atoms with Crippen LogP contribution in [0.25, 0.3) is 10.8 Å². The van der Waals surface area contributed by atoms with Crippen molar-refractivity contribution in [1.29, 1.82) is 0 Å². The van der Waals surface area contributed by atoms with Crippen LogP contribution in [0.4, 0.5) is 5.69 Å². The van der Waals surface area contributed by atoms with Gasteiger partial charge in [-0.15, -0.1) is 11.3 Å². The average molecular weight is 315 g/mol. The molecule has 3 aromatic rings. The lowest BCUT2D eigenvalue weighted by Crippen LogP contribution is -2.21. The number of aromatic amines is 2. The quantitative estimate of drug-likeness (QED) is 0.685. The molecule has 0 aliphatic heterocycles. The summed E-state index contributed by atoms with van der Waals surface area (Å²) in [6.07, 6.45) is 0.962. The molecule has 0 fully saturated rings. The molecule has 0 atom stereocenters. The molecular weight excluding hydrogens is 302 g/mol. The summed E-state index contributed by atoms with van der Waals surface area (Å²) in [7, 11) is 0. The summed E-state index contributed by atoms with van der Waals surface area (Å²) in [5.41, 5.74) is -0.492. The molecule has 1 aromatic carbocycles. The van der Waals surface area contributed by atoms with Crippen molar-refractivity contribution >= 4 is 33.7 Å². The van der Waals surface area contributed by atoms with Gasteiger partial charge >= 0.3 is 0 Å². The maximum Gasteiger partial charge on any atom is 0.272 e. The predicted octanol–water partition coefficient (Wildman–Crippen LogP) is 1.85. The Kier molecular flexibility index (Phi) is 3.88. The zero-order valence-corrected chi connectivity index (χ0v) is 12.3. The number of aromatic nitrogens is 2. The number of hydrogen-bond acceptors (Lipinski definition) is 4. The molecule has 0 bridgehead atoms. The smallest absolute Gasteiger partial charge is 0.272 e. The van der Waals surface area contributed by atoms with Crippen molar-refractivity contribution in [3.63, 3.8) is 0 Å². The van der Waals surface area contributed by atoms with Gasteiger partial charge < -0.3 is 5.32 Å². The number of fused-ring (bicyclic) bond motifs is 1. The third-order valence-corrected chi connectivity index (χ3v) is 4.21. The first-order valence-corrected chi connectivity index (χ1v) is 7.59. The zero-order chi connectivity index (χ0) is 15.5. The predicted molar refractivity (Wildman–Crippen MR) is 86.5 cm³/mol. The van der Waals surface area contributed by atoms with E-state index >= 15 is 0 Å². The highest BCUT2D eigenvalue weighted by Crippen LogP contribution is 2.17. The minimum absolute atomic E-state index is 0.190. The first-order valence-electron chi connectivity index (χ1n) is 6.71. The van der Waals surface area contributed by atoms with Crippen LogP contribution in [0.1, 0.15) is 11.3 Å². The molecule has 0 unspecified atom stereocenters. The van der Waals surface area contributed by atoms with E-state index in [2.05, 4.69) is 15.5 Å². The van der Waals surface area contributed by atoms with E-state index in [-0.39, 0.29) is 16.7 Å². The van der Waals surface area contributed by atoms with Gasteiger partial charge in [0.1, 0.15) is 0 Å². The van der Waals surface area contributed by atoms with E-state index < -0.39 is 11.1 Å². The second-order valence-corrected chi connectivity index (χ2v) is 5.80. The number of benzene rings is 1. The van der Waals surface area contributed by atoms with Crippen LogP contribution >= 0.6 is 11.3 Å². The molecule has 7 heteroatoms. The van der Waals surface area contributed by atoms with Gasteiger partial charge in [-0.25, -0.2) is 0 Å². The number of rotatable bonds is 4. The Morgan fingerprint density at radius 1 is 1.09 bits per heavy atom. The van der Waals surface area contributed by atoms with Crippen LogP contribution in [0.2, 0.25) is 0 Å². The summed E-state index contributed by atoms with van der Waals surface area (Å²) in [5, 5.41) is 9.64. The van der Waals surface area contributed by atoms with Crippen molar-refractivity contribution in [3.8, 4) is 0 Å². The lowest BCUT2D eigenvalue weighted by molar-refractivity contribution is -0.116. The molecule has 112 valence electrons. The van der Waals surface area contributed by atoms with Gasteiger partial charge in [0.25, 0.3) is 11.1 Å². The van der Waals surface area contributed by atoms with E-state index in [1.165, 1.54) is 0 Å². The molecule has 0 spiro atoms. The summed E-state index contributed by atoms with van der Waals surface area (Å²) in [5.74, 6) is -0.194. The van der Waals surface area contributed by atoms with Crippen LogP contribution in [0.15, 0.2) is 45.3 Å². The Hall–Kier alpha value is -2.67. The average Bonchev–Trinajstić information content (AvgIpc) is 3.02. The van der Waals surface area contributed by atoms with Crippen molar-refractivity contribution in [3.05, 3.63) is 61.3 Å². The standard InChI is InChI=1S/C15H13N3O3S/c19-12(7-6-9-3-2-8-22-9)16-11-5-1-4-10-13(11)15(21)18-17-14(10)20/h1-5,8H,6-7H2,(H,16,19)(H,17,20)(H,18,21). The van der Waals surface area contributed by atoms with E-state index in [1.807, 2.05) is 17.5 Å². The largest absolute Gasteiger partial charge is 0.325 e. The van der Waals surface area contributed by atoms with Gasteiger partial charge in [0.05, 0.1) is 16.5 Å². The number of carbonyl (C=O) groups is 1. The van der Waals surface area contributed by atoms with E-state index in [1.54, 1.807) is 29.5 Å². The van der Waals surface area contributed by atoms with E-state index in [0.29, 0.717) is 18.5 Å². The lowest BCUT2D eigenvalue weighted by Gasteiger charge is -2.07. The summed E-state index contributed by atoms with van der Waals surface area (Å²) in [6, 6.07) is 8.70. The highest BCUT2D eigenvalue weighted by molar-refractivity contribution is 7.09. The fourth-order valence-corrected chi connectivity index (χ4v) is 2.95. The molecule has 0 aliphatic carbocycles. The normalized spacial score (nSPS) is 10.7. The molecule has 0 saturated carbocycles. The molecule has 1 amide bonds. The lowest BCUT2D eigenvalue weighted by atomic mass is 10.1. The Balaban J connectivity index is 1.85. The summed E-state index contributed by atoms with van der Waals surface area (Å²) >= 11 is 1.60. The minimum Gasteiger partial charge on any atom is -0.325 e. The van der Waals surface area contributed by atoms with Crippen molar-refractivity contribution in [2.75, 3.05) is 5.32 Å². The number of thiophene rings is 1. The molecule has 2 aromatic heterocycles. The number of amides is 1. The van der Waals surface area contributed by atoms with Crippen LogP contribution in [-0.2, 0) is 11.2 Å². The molecule has 2 heterocycles. The van der Waals surface area contributed by atoms with Gasteiger partial charge in [0.2, 0.25) is 5.91 Å². The second-order valence-electron chi connectivity index (χ2n) is 4.76. The Morgan fingerprint density at radius 2 is 1.91 bits per heavy atom. The Morgan fingerprint density at radius 3 is 2.68 bits per heavy atom. The van der Waals surface area contributed by atoms with Gasteiger partial charge in [-0.2, -0.15) is 0 Å². The maximum atomic E-state index is 12.0. The molecule has 0 aliphatic rings. The first kappa shape index (κ1) is 14.3. The molecule has 6 nitrogen and oxygen atoms in total. The van der Waals surface area contributed by atoms with E-state index in [0.717, 1.165) is 4.88 Å². The second kappa shape index (κ2) is 5.98. The summed E-state index contributed by atoms with van der Waals surface area (Å²) < 4.78 is 0. The SMILES string of the molecule is O=C(CCc1cccs1)Nc1cccc2c(=O)[nH][nH]c(=O)c12. The Labute approximate surface area is 128 Å². The Bertz CT molecular complexity index is 925. The number of carbonyl (C=O) groups excluding carboxylic acids is 1. The summed E-state index contributed by atoms with van der Waals surface area (Å²) in [6.45, 7) is 0. The van der Waals surface area contributed by atoms with E-state index in [9.17, 15) is 14.4 Å². The van der Waals surface area contributed by atoms with Gasteiger partial charge in [0.15, 0.2) is 0 Å².